The van der Waals surface area contributed by atoms with Gasteiger partial charge in [-0.15, -0.1) is 0 Å². The van der Waals surface area contributed by atoms with Crippen molar-refractivity contribution in [3.8, 4) is 0 Å². The van der Waals surface area contributed by atoms with Crippen LogP contribution in [0, 0.1) is 6.92 Å². The molecule has 0 aliphatic rings. The lowest BCUT2D eigenvalue weighted by molar-refractivity contribution is 0.0924. The Morgan fingerprint density at radius 2 is 1.85 bits per heavy atom. The van der Waals surface area contributed by atoms with E-state index in [9.17, 15) is 9.59 Å². The molecule has 2 heterocycles. The number of hydrogen-bond acceptors (Lipinski definition) is 5. The maximum Gasteiger partial charge on any atom is 0.272 e. The standard InChI is InChI=1S/C18H21N5O3/c1-10(2)16-14(11(3)23-26-16)17(24)19-8-9-20-18(25)15-12-6-4-5-7-13(12)21-22-15/h4-7,10H,8-9H2,1-3H3,(H,19,24)(H,20,25)(H,21,22). The van der Waals surface area contributed by atoms with Gasteiger partial charge in [-0.2, -0.15) is 5.10 Å². The topological polar surface area (TPSA) is 113 Å². The maximum atomic E-state index is 12.4. The molecule has 0 radical (unpaired) electrons. The lowest BCUT2D eigenvalue weighted by Gasteiger charge is -2.08. The number of para-hydroxylation sites is 1. The third-order valence-corrected chi connectivity index (χ3v) is 4.02. The highest BCUT2D eigenvalue weighted by molar-refractivity contribution is 6.04. The summed E-state index contributed by atoms with van der Waals surface area (Å²) >= 11 is 0. The summed E-state index contributed by atoms with van der Waals surface area (Å²) in [5, 5.41) is 17.0. The van der Waals surface area contributed by atoms with Crippen LogP contribution in [-0.2, 0) is 0 Å². The van der Waals surface area contributed by atoms with Crippen molar-refractivity contribution in [3.63, 3.8) is 0 Å². The van der Waals surface area contributed by atoms with E-state index in [0.29, 0.717) is 22.7 Å². The van der Waals surface area contributed by atoms with E-state index in [2.05, 4.69) is 26.0 Å². The van der Waals surface area contributed by atoms with Crippen molar-refractivity contribution in [3.05, 3.63) is 47.0 Å². The second kappa shape index (κ2) is 7.38. The molecule has 136 valence electrons. The Morgan fingerprint density at radius 3 is 2.58 bits per heavy atom. The summed E-state index contributed by atoms with van der Waals surface area (Å²) in [6.45, 7) is 6.17. The van der Waals surface area contributed by atoms with Crippen molar-refractivity contribution in [2.75, 3.05) is 13.1 Å². The van der Waals surface area contributed by atoms with Gasteiger partial charge in [-0.3, -0.25) is 14.7 Å². The molecule has 1 aromatic carbocycles. The van der Waals surface area contributed by atoms with Gasteiger partial charge >= 0.3 is 0 Å². The number of H-pyrrole nitrogens is 1. The minimum Gasteiger partial charge on any atom is -0.360 e. The van der Waals surface area contributed by atoms with Gasteiger partial charge in [0, 0.05) is 24.4 Å². The van der Waals surface area contributed by atoms with Crippen LogP contribution < -0.4 is 10.6 Å². The first-order chi connectivity index (χ1) is 12.5. The molecule has 26 heavy (non-hydrogen) atoms. The molecule has 3 N–H and O–H groups in total. The predicted molar refractivity (Wildman–Crippen MR) is 96.1 cm³/mol. The number of hydrogen-bond donors (Lipinski definition) is 3. The summed E-state index contributed by atoms with van der Waals surface area (Å²) in [7, 11) is 0. The van der Waals surface area contributed by atoms with Crippen molar-refractivity contribution in [1.29, 1.82) is 0 Å². The van der Waals surface area contributed by atoms with E-state index < -0.39 is 0 Å². The average Bonchev–Trinajstić information content (AvgIpc) is 3.22. The van der Waals surface area contributed by atoms with Gasteiger partial charge in [-0.25, -0.2) is 0 Å². The van der Waals surface area contributed by atoms with E-state index in [4.69, 9.17) is 4.52 Å². The average molecular weight is 355 g/mol. The summed E-state index contributed by atoms with van der Waals surface area (Å²) in [6.07, 6.45) is 0. The Labute approximate surface area is 150 Å². The van der Waals surface area contributed by atoms with Crippen LogP contribution >= 0.6 is 0 Å². The van der Waals surface area contributed by atoms with Gasteiger partial charge in [-0.1, -0.05) is 37.2 Å². The summed E-state index contributed by atoms with van der Waals surface area (Å²) in [6, 6.07) is 7.41. The van der Waals surface area contributed by atoms with Crippen molar-refractivity contribution < 1.29 is 14.1 Å². The summed E-state index contributed by atoms with van der Waals surface area (Å²) < 4.78 is 5.22. The number of fused-ring (bicyclic) bond motifs is 1. The first-order valence-electron chi connectivity index (χ1n) is 8.44. The summed E-state index contributed by atoms with van der Waals surface area (Å²) in [5.41, 5.74) is 2.15. The molecule has 0 saturated carbocycles. The van der Waals surface area contributed by atoms with Crippen LogP contribution in [0.2, 0.25) is 0 Å². The number of aryl methyl sites for hydroxylation is 1. The lowest BCUT2D eigenvalue weighted by atomic mass is 10.0. The Balaban J connectivity index is 1.55. The fourth-order valence-corrected chi connectivity index (χ4v) is 2.72. The molecule has 8 heteroatoms. The largest absolute Gasteiger partial charge is 0.360 e. The van der Waals surface area contributed by atoms with Gasteiger partial charge in [-0.05, 0) is 13.0 Å². The van der Waals surface area contributed by atoms with Gasteiger partial charge in [0.05, 0.1) is 11.2 Å². The Morgan fingerprint density at radius 1 is 1.15 bits per heavy atom. The highest BCUT2D eigenvalue weighted by Crippen LogP contribution is 2.21. The minimum atomic E-state index is -0.291. The van der Waals surface area contributed by atoms with Crippen LogP contribution in [0.25, 0.3) is 10.9 Å². The van der Waals surface area contributed by atoms with Crippen LogP contribution in [0.3, 0.4) is 0 Å². The van der Waals surface area contributed by atoms with Crippen LogP contribution in [0.4, 0.5) is 0 Å². The predicted octanol–water partition coefficient (Wildman–Crippen LogP) is 2.14. The summed E-state index contributed by atoms with van der Waals surface area (Å²) in [5.74, 6) is 0.0734. The normalized spacial score (nSPS) is 11.1. The molecule has 3 aromatic rings. The van der Waals surface area contributed by atoms with E-state index in [0.717, 1.165) is 10.9 Å². The smallest absolute Gasteiger partial charge is 0.272 e. The molecule has 2 aromatic heterocycles. The Bertz CT molecular complexity index is 941. The number of benzene rings is 1. The Kier molecular flexibility index (Phi) is 5.01. The number of nitrogens with one attached hydrogen (secondary N) is 3. The summed E-state index contributed by atoms with van der Waals surface area (Å²) in [4.78, 5) is 24.6. The van der Waals surface area contributed by atoms with Crippen LogP contribution in [0.1, 0.15) is 52.1 Å². The molecule has 0 aliphatic carbocycles. The first kappa shape index (κ1) is 17.7. The number of amides is 2. The van der Waals surface area contributed by atoms with Crippen molar-refractivity contribution in [2.45, 2.75) is 26.7 Å². The number of carbonyl (C=O) groups is 2. The minimum absolute atomic E-state index is 0.0598. The van der Waals surface area contributed by atoms with Crippen molar-refractivity contribution in [1.82, 2.24) is 26.0 Å². The molecule has 3 rings (SSSR count). The number of rotatable bonds is 6. The number of aromatic nitrogens is 3. The zero-order valence-electron chi connectivity index (χ0n) is 14.9. The molecule has 0 aliphatic heterocycles. The molecule has 0 unspecified atom stereocenters. The monoisotopic (exact) mass is 355 g/mol. The van der Waals surface area contributed by atoms with Crippen LogP contribution in [-0.4, -0.2) is 40.3 Å². The van der Waals surface area contributed by atoms with Crippen molar-refractivity contribution >= 4 is 22.7 Å². The Hall–Kier alpha value is -3.16. The molecule has 0 spiro atoms. The van der Waals surface area contributed by atoms with Gasteiger partial charge in [0.25, 0.3) is 11.8 Å². The van der Waals surface area contributed by atoms with Gasteiger partial charge in [0.15, 0.2) is 11.5 Å². The second-order valence-electron chi connectivity index (χ2n) is 6.29. The zero-order chi connectivity index (χ0) is 18.7. The van der Waals surface area contributed by atoms with E-state index in [1.54, 1.807) is 6.92 Å². The second-order valence-corrected chi connectivity index (χ2v) is 6.29. The van der Waals surface area contributed by atoms with Gasteiger partial charge < -0.3 is 15.2 Å². The number of aromatic amines is 1. The SMILES string of the molecule is Cc1noc(C(C)C)c1C(=O)NCCNC(=O)c1n[nH]c2ccccc12. The quantitative estimate of drug-likeness (QED) is 0.586. The third-order valence-electron chi connectivity index (χ3n) is 4.02. The number of carbonyl (C=O) groups excluding carboxylic acids is 2. The van der Waals surface area contributed by atoms with Gasteiger partial charge in [0.2, 0.25) is 0 Å². The number of nitrogens with zero attached hydrogens (tertiary/aromatic N) is 2. The first-order valence-corrected chi connectivity index (χ1v) is 8.44. The van der Waals surface area contributed by atoms with E-state index >= 15 is 0 Å². The van der Waals surface area contributed by atoms with Gasteiger partial charge in [0.1, 0.15) is 5.56 Å². The molecule has 2 amide bonds. The molecule has 0 fully saturated rings. The maximum absolute atomic E-state index is 12.4. The highest BCUT2D eigenvalue weighted by Gasteiger charge is 2.22. The zero-order valence-corrected chi connectivity index (χ0v) is 14.9. The molecule has 0 atom stereocenters. The fourth-order valence-electron chi connectivity index (χ4n) is 2.72. The molecular weight excluding hydrogens is 334 g/mol. The fraction of sp³-hybridized carbons (Fsp3) is 0.333. The van der Waals surface area contributed by atoms with Crippen LogP contribution in [0.15, 0.2) is 28.8 Å². The van der Waals surface area contributed by atoms with E-state index in [-0.39, 0.29) is 30.8 Å². The van der Waals surface area contributed by atoms with Crippen molar-refractivity contribution in [2.24, 2.45) is 0 Å². The third kappa shape index (κ3) is 3.44. The molecule has 0 saturated heterocycles. The van der Waals surface area contributed by atoms with E-state index in [1.165, 1.54) is 0 Å². The van der Waals surface area contributed by atoms with Crippen LogP contribution in [0.5, 0.6) is 0 Å². The molecule has 0 bridgehead atoms. The molecular formula is C18H21N5O3. The van der Waals surface area contributed by atoms with E-state index in [1.807, 2.05) is 38.1 Å². The molecule has 8 nitrogen and oxygen atoms in total. The lowest BCUT2D eigenvalue weighted by Crippen LogP contribution is -2.35. The highest BCUT2D eigenvalue weighted by atomic mass is 16.5.